The Bertz CT molecular complexity index is 1650. The molecule has 0 spiro atoms. The monoisotopic (exact) mass is 643 g/mol. The summed E-state index contributed by atoms with van der Waals surface area (Å²) in [6.45, 7) is 0. The molecule has 1 atom stereocenters. The van der Waals surface area contributed by atoms with Crippen LogP contribution in [0.15, 0.2) is 91.0 Å². The van der Waals surface area contributed by atoms with Gasteiger partial charge >= 0.3 is 18.9 Å². The Hall–Kier alpha value is -4.88. The average molecular weight is 644 g/mol. The van der Waals surface area contributed by atoms with Crippen LogP contribution in [0, 0.1) is 11.6 Å². The number of alkyl halides is 7. The Balaban J connectivity index is 1.96. The van der Waals surface area contributed by atoms with Crippen LogP contribution in [-0.4, -0.2) is 31.9 Å². The Morgan fingerprint density at radius 3 is 2.13 bits per heavy atom. The van der Waals surface area contributed by atoms with E-state index in [1.54, 1.807) is 30.3 Å². The van der Waals surface area contributed by atoms with Gasteiger partial charge in [-0.2, -0.15) is 17.6 Å². The second-order valence-corrected chi connectivity index (χ2v) is 9.59. The van der Waals surface area contributed by atoms with Crippen LogP contribution in [0.25, 0.3) is 0 Å². The third-order valence-corrected chi connectivity index (χ3v) is 6.48. The van der Waals surface area contributed by atoms with Crippen molar-refractivity contribution in [3.63, 3.8) is 0 Å². The van der Waals surface area contributed by atoms with Gasteiger partial charge in [0.1, 0.15) is 17.3 Å². The molecule has 0 aromatic heterocycles. The number of ether oxygens (including phenoxy) is 3. The molecule has 0 heterocycles. The number of methoxy groups -OCH3 is 1. The van der Waals surface area contributed by atoms with E-state index < -0.39 is 53.5 Å². The highest BCUT2D eigenvalue weighted by atomic mass is 19.4. The first-order valence-electron chi connectivity index (χ1n) is 12.8. The molecule has 0 aliphatic rings. The molecule has 1 amide bonds. The van der Waals surface area contributed by atoms with E-state index in [-0.39, 0.29) is 28.9 Å². The van der Waals surface area contributed by atoms with Gasteiger partial charge in [-0.1, -0.05) is 42.5 Å². The Kier molecular flexibility index (Phi) is 9.54. The molecule has 1 unspecified atom stereocenters. The van der Waals surface area contributed by atoms with Gasteiger partial charge in [0.05, 0.1) is 12.6 Å². The molecular formula is C31H22F9NO4. The lowest BCUT2D eigenvalue weighted by Crippen LogP contribution is -2.48. The van der Waals surface area contributed by atoms with Crippen molar-refractivity contribution in [1.29, 1.82) is 0 Å². The molecule has 4 aromatic carbocycles. The standard InChI is InChI=1S/C31H22F9NO4/c1-43-26-15-20(10-11-25(26)33)29(17-18-6-3-2-4-7-18,21-13-22(32)16-24(14-21)44-30(36,37)28(34)35)41-27(42)19-8-5-9-23(12-19)45-31(38,39)40/h2-16,28H,17H2,1H3,(H,41,42). The Labute approximate surface area is 250 Å². The first-order chi connectivity index (χ1) is 21.1. The first kappa shape index (κ1) is 33.0. The number of carbonyl (C=O) groups excluding carboxylic acids is 1. The number of halogens is 9. The lowest BCUT2D eigenvalue weighted by atomic mass is 9.77. The molecule has 0 saturated heterocycles. The van der Waals surface area contributed by atoms with Gasteiger partial charge in [-0.05, 0) is 59.2 Å². The van der Waals surface area contributed by atoms with Gasteiger partial charge in [0.15, 0.2) is 11.6 Å². The van der Waals surface area contributed by atoms with E-state index in [2.05, 4.69) is 14.8 Å². The molecule has 0 bridgehead atoms. The van der Waals surface area contributed by atoms with Crippen molar-refractivity contribution in [3.05, 3.63) is 125 Å². The molecule has 238 valence electrons. The number of benzene rings is 4. The number of nitrogens with one attached hydrogen (secondary N) is 1. The molecule has 0 radical (unpaired) electrons. The number of carbonyl (C=O) groups is 1. The summed E-state index contributed by atoms with van der Waals surface area (Å²) in [6.07, 6.45) is -14.7. The van der Waals surface area contributed by atoms with Gasteiger partial charge in [-0.25, -0.2) is 8.78 Å². The third kappa shape index (κ3) is 7.99. The molecule has 1 N–H and O–H groups in total. The van der Waals surface area contributed by atoms with E-state index >= 15 is 4.39 Å². The predicted molar refractivity (Wildman–Crippen MR) is 142 cm³/mol. The van der Waals surface area contributed by atoms with Gasteiger partial charge in [0.25, 0.3) is 5.91 Å². The summed E-state index contributed by atoms with van der Waals surface area (Å²) in [7, 11) is 1.13. The first-order valence-corrected chi connectivity index (χ1v) is 12.8. The molecule has 14 heteroatoms. The number of amides is 1. The highest BCUT2D eigenvalue weighted by molar-refractivity contribution is 5.95. The zero-order valence-corrected chi connectivity index (χ0v) is 23.0. The van der Waals surface area contributed by atoms with E-state index in [1.807, 2.05) is 0 Å². The van der Waals surface area contributed by atoms with Crippen LogP contribution in [-0.2, 0) is 12.0 Å². The number of hydrogen-bond acceptors (Lipinski definition) is 4. The van der Waals surface area contributed by atoms with Crippen LogP contribution in [0.2, 0.25) is 0 Å². The SMILES string of the molecule is COc1cc(C(Cc2ccccc2)(NC(=O)c2cccc(OC(F)(F)F)c2)c2cc(F)cc(OC(F)(F)C(F)F)c2)ccc1F. The average Bonchev–Trinajstić information content (AvgIpc) is 2.96. The highest BCUT2D eigenvalue weighted by Gasteiger charge is 2.45. The van der Waals surface area contributed by atoms with E-state index in [4.69, 9.17) is 4.74 Å². The van der Waals surface area contributed by atoms with E-state index in [1.165, 1.54) is 6.07 Å². The Morgan fingerprint density at radius 1 is 0.778 bits per heavy atom. The normalized spacial score (nSPS) is 13.2. The van der Waals surface area contributed by atoms with Crippen LogP contribution >= 0.6 is 0 Å². The fourth-order valence-corrected chi connectivity index (χ4v) is 4.56. The largest absolute Gasteiger partial charge is 0.573 e. The number of rotatable bonds is 11. The molecule has 0 aliphatic carbocycles. The summed E-state index contributed by atoms with van der Waals surface area (Å²) in [4.78, 5) is 13.7. The predicted octanol–water partition coefficient (Wildman–Crippen LogP) is 8.03. The van der Waals surface area contributed by atoms with Gasteiger partial charge in [0, 0.05) is 18.1 Å². The summed E-state index contributed by atoms with van der Waals surface area (Å²) in [5.41, 5.74) is -2.32. The fourth-order valence-electron chi connectivity index (χ4n) is 4.56. The highest BCUT2D eigenvalue weighted by Crippen LogP contribution is 2.39. The second-order valence-electron chi connectivity index (χ2n) is 9.59. The minimum Gasteiger partial charge on any atom is -0.494 e. The second kappa shape index (κ2) is 13.0. The maximum absolute atomic E-state index is 15.0. The van der Waals surface area contributed by atoms with Crippen molar-refractivity contribution in [1.82, 2.24) is 5.32 Å². The topological polar surface area (TPSA) is 56.8 Å². The lowest BCUT2D eigenvalue weighted by molar-refractivity contribution is -0.274. The van der Waals surface area contributed by atoms with Gasteiger partial charge < -0.3 is 19.5 Å². The van der Waals surface area contributed by atoms with Crippen molar-refractivity contribution in [2.24, 2.45) is 0 Å². The molecule has 45 heavy (non-hydrogen) atoms. The van der Waals surface area contributed by atoms with Crippen LogP contribution in [0.5, 0.6) is 17.2 Å². The minimum atomic E-state index is -5.09. The zero-order chi connectivity index (χ0) is 33.0. The molecule has 0 aliphatic heterocycles. The van der Waals surface area contributed by atoms with E-state index in [9.17, 15) is 39.9 Å². The smallest absolute Gasteiger partial charge is 0.494 e. The molecule has 0 fully saturated rings. The summed E-state index contributed by atoms with van der Waals surface area (Å²) >= 11 is 0. The van der Waals surface area contributed by atoms with Crippen LogP contribution in [0.1, 0.15) is 27.0 Å². The van der Waals surface area contributed by atoms with Gasteiger partial charge in [0.2, 0.25) is 0 Å². The molecular weight excluding hydrogens is 621 g/mol. The quantitative estimate of drug-likeness (QED) is 0.168. The van der Waals surface area contributed by atoms with Crippen molar-refractivity contribution in [2.75, 3.05) is 7.11 Å². The van der Waals surface area contributed by atoms with Gasteiger partial charge in [-0.15, -0.1) is 13.2 Å². The van der Waals surface area contributed by atoms with Crippen molar-refractivity contribution >= 4 is 5.91 Å². The van der Waals surface area contributed by atoms with Crippen LogP contribution in [0.3, 0.4) is 0 Å². The van der Waals surface area contributed by atoms with E-state index in [0.29, 0.717) is 11.6 Å². The zero-order valence-electron chi connectivity index (χ0n) is 23.0. The molecule has 4 rings (SSSR count). The fraction of sp³-hybridized carbons (Fsp3) is 0.194. The third-order valence-electron chi connectivity index (χ3n) is 6.48. The van der Waals surface area contributed by atoms with E-state index in [0.717, 1.165) is 55.6 Å². The van der Waals surface area contributed by atoms with Crippen LogP contribution in [0.4, 0.5) is 39.5 Å². The summed E-state index contributed by atoms with van der Waals surface area (Å²) in [6, 6.07) is 17.2. The number of hydrogen-bond donors (Lipinski definition) is 1. The maximum atomic E-state index is 15.0. The summed E-state index contributed by atoms with van der Waals surface area (Å²) in [5.74, 6) is -5.30. The van der Waals surface area contributed by atoms with Gasteiger partial charge in [-0.3, -0.25) is 4.79 Å². The van der Waals surface area contributed by atoms with Crippen molar-refractivity contribution < 1.29 is 58.5 Å². The maximum Gasteiger partial charge on any atom is 0.573 e. The van der Waals surface area contributed by atoms with Crippen molar-refractivity contribution in [3.8, 4) is 17.2 Å². The Morgan fingerprint density at radius 2 is 1.49 bits per heavy atom. The molecule has 5 nitrogen and oxygen atoms in total. The minimum absolute atomic E-state index is 0.0159. The summed E-state index contributed by atoms with van der Waals surface area (Å²) in [5, 5.41) is 2.62. The lowest BCUT2D eigenvalue weighted by Gasteiger charge is -2.37. The summed E-state index contributed by atoms with van der Waals surface area (Å²) < 4.78 is 135. The van der Waals surface area contributed by atoms with Crippen LogP contribution < -0.4 is 19.5 Å². The van der Waals surface area contributed by atoms with Crippen molar-refractivity contribution in [2.45, 2.75) is 30.9 Å². The molecule has 4 aromatic rings. The molecule has 0 saturated carbocycles.